The van der Waals surface area contributed by atoms with Crippen LogP contribution in [0.25, 0.3) is 5.57 Å². The second-order valence-electron chi connectivity index (χ2n) is 3.55. The highest BCUT2D eigenvalue weighted by Crippen LogP contribution is 2.39. The standard InChI is InChI=1S/C12H15NO4/c1-3-13-10(15)6-7(2)8-4-5-9(14)12(17)11(8)16/h4-6,14,16-17H,3H2,1-2H3,(H,13,15)/b7-6-. The summed E-state index contributed by atoms with van der Waals surface area (Å²) in [4.78, 5) is 11.3. The number of likely N-dealkylation sites (N-methyl/N-ethyl adjacent to an activating group) is 1. The number of phenolic OH excluding ortho intramolecular Hbond substituents is 3. The number of hydrogen-bond donors (Lipinski definition) is 4. The van der Waals surface area contributed by atoms with E-state index in [9.17, 15) is 15.0 Å². The van der Waals surface area contributed by atoms with Gasteiger partial charge in [-0.2, -0.15) is 0 Å². The number of phenols is 3. The van der Waals surface area contributed by atoms with Crippen molar-refractivity contribution < 1.29 is 20.1 Å². The Kier molecular flexibility index (Phi) is 3.98. The molecule has 0 saturated carbocycles. The molecular weight excluding hydrogens is 222 g/mol. The molecule has 5 heteroatoms. The number of carbonyl (C=O) groups is 1. The lowest BCUT2D eigenvalue weighted by molar-refractivity contribution is -0.116. The predicted octanol–water partition coefficient (Wildman–Crippen LogP) is 1.34. The second-order valence-corrected chi connectivity index (χ2v) is 3.55. The number of carbonyl (C=O) groups excluding carboxylic acids is 1. The van der Waals surface area contributed by atoms with Crippen molar-refractivity contribution in [1.82, 2.24) is 5.32 Å². The lowest BCUT2D eigenvalue weighted by Crippen LogP contribution is -2.20. The third kappa shape index (κ3) is 2.90. The largest absolute Gasteiger partial charge is 0.504 e. The molecule has 0 fully saturated rings. The normalized spacial score (nSPS) is 11.3. The Morgan fingerprint density at radius 3 is 2.53 bits per heavy atom. The smallest absolute Gasteiger partial charge is 0.244 e. The van der Waals surface area contributed by atoms with Gasteiger partial charge in [-0.15, -0.1) is 0 Å². The van der Waals surface area contributed by atoms with E-state index in [-0.39, 0.29) is 5.91 Å². The number of amides is 1. The average Bonchev–Trinajstić information content (AvgIpc) is 2.26. The van der Waals surface area contributed by atoms with E-state index in [1.807, 2.05) is 0 Å². The number of aromatic hydroxyl groups is 3. The van der Waals surface area contributed by atoms with Crippen molar-refractivity contribution in [3.05, 3.63) is 23.8 Å². The molecule has 0 unspecified atom stereocenters. The van der Waals surface area contributed by atoms with Crippen LogP contribution in [0.2, 0.25) is 0 Å². The first-order valence-electron chi connectivity index (χ1n) is 5.17. The molecule has 0 atom stereocenters. The van der Waals surface area contributed by atoms with E-state index in [1.165, 1.54) is 18.2 Å². The maximum Gasteiger partial charge on any atom is 0.244 e. The van der Waals surface area contributed by atoms with E-state index in [1.54, 1.807) is 13.8 Å². The third-order valence-corrected chi connectivity index (χ3v) is 2.25. The summed E-state index contributed by atoms with van der Waals surface area (Å²) in [5, 5.41) is 30.7. The van der Waals surface area contributed by atoms with Gasteiger partial charge in [0.15, 0.2) is 11.5 Å². The summed E-state index contributed by atoms with van der Waals surface area (Å²) >= 11 is 0. The van der Waals surface area contributed by atoms with Gasteiger partial charge in [-0.3, -0.25) is 4.79 Å². The van der Waals surface area contributed by atoms with E-state index in [0.717, 1.165) is 0 Å². The quantitative estimate of drug-likeness (QED) is 0.472. The maximum atomic E-state index is 11.3. The van der Waals surface area contributed by atoms with E-state index >= 15 is 0 Å². The van der Waals surface area contributed by atoms with Crippen LogP contribution in [-0.2, 0) is 4.79 Å². The zero-order valence-corrected chi connectivity index (χ0v) is 9.69. The third-order valence-electron chi connectivity index (χ3n) is 2.25. The monoisotopic (exact) mass is 237 g/mol. The number of rotatable bonds is 3. The first kappa shape index (κ1) is 12.9. The summed E-state index contributed by atoms with van der Waals surface area (Å²) in [6, 6.07) is 2.68. The first-order chi connectivity index (χ1) is 7.97. The van der Waals surface area contributed by atoms with Crippen molar-refractivity contribution in [3.63, 3.8) is 0 Å². The van der Waals surface area contributed by atoms with Gasteiger partial charge >= 0.3 is 0 Å². The number of nitrogens with one attached hydrogen (secondary N) is 1. The number of hydrogen-bond acceptors (Lipinski definition) is 4. The van der Waals surface area contributed by atoms with E-state index in [2.05, 4.69) is 5.32 Å². The fourth-order valence-electron chi connectivity index (χ4n) is 1.39. The molecule has 0 aromatic heterocycles. The van der Waals surface area contributed by atoms with Gasteiger partial charge in [0.1, 0.15) is 0 Å². The van der Waals surface area contributed by atoms with Gasteiger partial charge < -0.3 is 20.6 Å². The summed E-state index contributed by atoms with van der Waals surface area (Å²) in [5.74, 6) is -1.72. The number of benzene rings is 1. The van der Waals surface area contributed by atoms with Crippen molar-refractivity contribution in [3.8, 4) is 17.2 Å². The van der Waals surface area contributed by atoms with Crippen LogP contribution in [0.1, 0.15) is 19.4 Å². The Balaban J connectivity index is 3.09. The molecule has 1 aromatic carbocycles. The minimum absolute atomic E-state index is 0.281. The van der Waals surface area contributed by atoms with Gasteiger partial charge in [0.05, 0.1) is 0 Å². The van der Waals surface area contributed by atoms with Gasteiger partial charge in [-0.1, -0.05) is 0 Å². The maximum absolute atomic E-state index is 11.3. The van der Waals surface area contributed by atoms with Gasteiger partial charge in [0.2, 0.25) is 11.7 Å². The number of allylic oxidation sites excluding steroid dienone is 1. The zero-order valence-electron chi connectivity index (χ0n) is 9.69. The fourth-order valence-corrected chi connectivity index (χ4v) is 1.39. The van der Waals surface area contributed by atoms with E-state index < -0.39 is 17.2 Å². The summed E-state index contributed by atoms with van der Waals surface area (Å²) in [5.41, 5.74) is 0.787. The molecule has 0 bridgehead atoms. The molecule has 0 heterocycles. The molecule has 0 radical (unpaired) electrons. The molecule has 17 heavy (non-hydrogen) atoms. The molecule has 0 spiro atoms. The van der Waals surface area contributed by atoms with Gasteiger partial charge in [-0.25, -0.2) is 0 Å². The SMILES string of the molecule is CCNC(=O)/C=C(/C)c1ccc(O)c(O)c1O. The molecule has 0 aliphatic rings. The molecular formula is C12H15NO4. The van der Waals surface area contributed by atoms with Crippen LogP contribution in [0.4, 0.5) is 0 Å². The van der Waals surface area contributed by atoms with Crippen LogP contribution < -0.4 is 5.32 Å². The molecule has 5 nitrogen and oxygen atoms in total. The highest BCUT2D eigenvalue weighted by molar-refractivity contribution is 5.95. The Labute approximate surface area is 99.0 Å². The highest BCUT2D eigenvalue weighted by Gasteiger charge is 2.12. The van der Waals surface area contributed by atoms with Gasteiger partial charge in [0.25, 0.3) is 0 Å². The van der Waals surface area contributed by atoms with Crippen molar-refractivity contribution in [2.24, 2.45) is 0 Å². The van der Waals surface area contributed by atoms with E-state index in [0.29, 0.717) is 17.7 Å². The molecule has 0 aliphatic carbocycles. The Bertz CT molecular complexity index is 466. The van der Waals surface area contributed by atoms with E-state index in [4.69, 9.17) is 5.11 Å². The van der Waals surface area contributed by atoms with Gasteiger partial charge in [0, 0.05) is 18.2 Å². The van der Waals surface area contributed by atoms with Gasteiger partial charge in [-0.05, 0) is 31.6 Å². The van der Waals surface area contributed by atoms with Crippen molar-refractivity contribution in [2.45, 2.75) is 13.8 Å². The lowest BCUT2D eigenvalue weighted by Gasteiger charge is -2.08. The van der Waals surface area contributed by atoms with Crippen LogP contribution in [0.15, 0.2) is 18.2 Å². The molecule has 0 aliphatic heterocycles. The summed E-state index contributed by atoms with van der Waals surface area (Å²) in [7, 11) is 0. The molecule has 1 rings (SSSR count). The molecule has 0 saturated heterocycles. The minimum atomic E-state index is -0.592. The Morgan fingerprint density at radius 2 is 1.94 bits per heavy atom. The molecule has 1 aromatic rings. The van der Waals surface area contributed by atoms with Crippen LogP contribution in [0, 0.1) is 0 Å². The van der Waals surface area contributed by atoms with Crippen molar-refractivity contribution >= 4 is 11.5 Å². The summed E-state index contributed by atoms with van der Waals surface area (Å²) in [6.45, 7) is 3.93. The minimum Gasteiger partial charge on any atom is -0.504 e. The highest BCUT2D eigenvalue weighted by atomic mass is 16.3. The predicted molar refractivity (Wildman–Crippen MR) is 63.8 cm³/mol. The second kappa shape index (κ2) is 5.25. The zero-order chi connectivity index (χ0) is 13.0. The lowest BCUT2D eigenvalue weighted by atomic mass is 10.0. The Hall–Kier alpha value is -2.17. The van der Waals surface area contributed by atoms with Crippen molar-refractivity contribution in [2.75, 3.05) is 6.54 Å². The summed E-state index contributed by atoms with van der Waals surface area (Å²) in [6.07, 6.45) is 1.31. The Morgan fingerprint density at radius 1 is 1.29 bits per heavy atom. The van der Waals surface area contributed by atoms with Crippen molar-refractivity contribution in [1.29, 1.82) is 0 Å². The van der Waals surface area contributed by atoms with Crippen LogP contribution in [-0.4, -0.2) is 27.8 Å². The summed E-state index contributed by atoms with van der Waals surface area (Å²) < 4.78 is 0. The molecule has 92 valence electrons. The topological polar surface area (TPSA) is 89.8 Å². The molecule has 4 N–H and O–H groups in total. The first-order valence-corrected chi connectivity index (χ1v) is 5.17. The fraction of sp³-hybridized carbons (Fsp3) is 0.250. The van der Waals surface area contributed by atoms with Crippen LogP contribution in [0.3, 0.4) is 0 Å². The molecule has 1 amide bonds. The average molecular weight is 237 g/mol. The van der Waals surface area contributed by atoms with Crippen LogP contribution >= 0.6 is 0 Å². The van der Waals surface area contributed by atoms with Crippen LogP contribution in [0.5, 0.6) is 17.2 Å².